The van der Waals surface area contributed by atoms with E-state index in [4.69, 9.17) is 14.6 Å². The van der Waals surface area contributed by atoms with Crippen molar-refractivity contribution in [2.24, 2.45) is 5.92 Å². The summed E-state index contributed by atoms with van der Waals surface area (Å²) >= 11 is 0. The van der Waals surface area contributed by atoms with Crippen LogP contribution in [0.3, 0.4) is 0 Å². The fourth-order valence-corrected chi connectivity index (χ4v) is 1.31. The summed E-state index contributed by atoms with van der Waals surface area (Å²) < 4.78 is 10.5. The molecule has 3 heteroatoms. The molecule has 1 heterocycles. The molecule has 2 aliphatic rings. The molecule has 1 spiro atoms. The van der Waals surface area contributed by atoms with Crippen LogP contribution in [0, 0.1) is 5.92 Å². The van der Waals surface area contributed by atoms with Crippen molar-refractivity contribution in [2.45, 2.75) is 12.2 Å². The Morgan fingerprint density at radius 2 is 2.11 bits per heavy atom. The van der Waals surface area contributed by atoms with Gasteiger partial charge in [0, 0.05) is 12.3 Å². The van der Waals surface area contributed by atoms with Crippen LogP contribution in [0.1, 0.15) is 6.42 Å². The smallest absolute Gasteiger partial charge is 0.174 e. The van der Waals surface area contributed by atoms with Crippen molar-refractivity contribution in [1.29, 1.82) is 0 Å². The van der Waals surface area contributed by atoms with E-state index in [1.54, 1.807) is 0 Å². The molecule has 1 saturated heterocycles. The standard InChI is InChI=1S/C6H10O3/c7-4-5-3-6(5)8-1-2-9-6/h5,7H,1-4H2. The summed E-state index contributed by atoms with van der Waals surface area (Å²) in [7, 11) is 0. The highest BCUT2D eigenvalue weighted by Gasteiger charge is 2.59. The topological polar surface area (TPSA) is 38.7 Å². The van der Waals surface area contributed by atoms with Gasteiger partial charge >= 0.3 is 0 Å². The van der Waals surface area contributed by atoms with Gasteiger partial charge in [0.1, 0.15) is 0 Å². The molecule has 1 N–H and O–H groups in total. The number of aliphatic hydroxyl groups is 1. The number of ether oxygens (including phenoxy) is 2. The van der Waals surface area contributed by atoms with Crippen LogP contribution >= 0.6 is 0 Å². The van der Waals surface area contributed by atoms with Gasteiger partial charge < -0.3 is 14.6 Å². The van der Waals surface area contributed by atoms with Gasteiger partial charge in [0.25, 0.3) is 0 Å². The molecule has 0 bridgehead atoms. The minimum atomic E-state index is -0.339. The number of rotatable bonds is 1. The molecule has 0 amide bonds. The lowest BCUT2D eigenvalue weighted by Crippen LogP contribution is -2.13. The van der Waals surface area contributed by atoms with Crippen molar-refractivity contribution in [2.75, 3.05) is 19.8 Å². The summed E-state index contributed by atoms with van der Waals surface area (Å²) in [6, 6.07) is 0. The van der Waals surface area contributed by atoms with Crippen LogP contribution in [0.15, 0.2) is 0 Å². The first kappa shape index (κ1) is 5.65. The SMILES string of the molecule is OCC1CC12OCCO2. The predicted octanol–water partition coefficient (Wildman–Crippen LogP) is -0.258. The van der Waals surface area contributed by atoms with Crippen molar-refractivity contribution in [3.05, 3.63) is 0 Å². The van der Waals surface area contributed by atoms with E-state index in [-0.39, 0.29) is 18.3 Å². The molecule has 0 aromatic rings. The highest BCUT2D eigenvalue weighted by molar-refractivity contribution is 4.99. The van der Waals surface area contributed by atoms with Gasteiger partial charge in [-0.1, -0.05) is 0 Å². The van der Waals surface area contributed by atoms with Crippen molar-refractivity contribution in [3.8, 4) is 0 Å². The molecule has 1 saturated carbocycles. The van der Waals surface area contributed by atoms with E-state index < -0.39 is 0 Å². The summed E-state index contributed by atoms with van der Waals surface area (Å²) in [5.74, 6) is -0.0885. The lowest BCUT2D eigenvalue weighted by Gasteiger charge is -2.05. The van der Waals surface area contributed by atoms with E-state index in [0.29, 0.717) is 13.2 Å². The molecule has 0 radical (unpaired) electrons. The first-order chi connectivity index (χ1) is 4.37. The summed E-state index contributed by atoms with van der Waals surface area (Å²) in [5.41, 5.74) is 0. The second-order valence-electron chi connectivity index (χ2n) is 2.59. The highest BCUT2D eigenvalue weighted by atomic mass is 16.7. The van der Waals surface area contributed by atoms with Crippen molar-refractivity contribution in [1.82, 2.24) is 0 Å². The molecular formula is C6H10O3. The maximum atomic E-state index is 8.67. The van der Waals surface area contributed by atoms with Crippen LogP contribution in [-0.2, 0) is 9.47 Å². The van der Waals surface area contributed by atoms with Crippen LogP contribution in [0.2, 0.25) is 0 Å². The number of aliphatic hydroxyl groups excluding tert-OH is 1. The Bertz CT molecular complexity index is 117. The summed E-state index contributed by atoms with van der Waals surface area (Å²) in [6.45, 7) is 1.58. The Hall–Kier alpha value is -0.120. The fourth-order valence-electron chi connectivity index (χ4n) is 1.31. The summed E-state index contributed by atoms with van der Waals surface area (Å²) in [5, 5.41) is 8.67. The average molecular weight is 130 g/mol. The second kappa shape index (κ2) is 1.68. The van der Waals surface area contributed by atoms with Crippen LogP contribution in [-0.4, -0.2) is 30.7 Å². The largest absolute Gasteiger partial charge is 0.396 e. The molecule has 2 rings (SSSR count). The van der Waals surface area contributed by atoms with E-state index in [0.717, 1.165) is 6.42 Å². The van der Waals surface area contributed by atoms with Gasteiger partial charge in [-0.25, -0.2) is 0 Å². The third kappa shape index (κ3) is 0.689. The molecule has 0 aromatic carbocycles. The maximum Gasteiger partial charge on any atom is 0.174 e. The molecule has 1 aliphatic carbocycles. The minimum Gasteiger partial charge on any atom is -0.396 e. The molecule has 1 aliphatic heterocycles. The van der Waals surface area contributed by atoms with Crippen LogP contribution < -0.4 is 0 Å². The van der Waals surface area contributed by atoms with Gasteiger partial charge in [-0.3, -0.25) is 0 Å². The zero-order chi connectivity index (χ0) is 6.32. The number of hydrogen-bond acceptors (Lipinski definition) is 3. The molecule has 1 unspecified atom stereocenters. The monoisotopic (exact) mass is 130 g/mol. The lowest BCUT2D eigenvalue weighted by atomic mass is 10.4. The Balaban J connectivity index is 1.97. The zero-order valence-electron chi connectivity index (χ0n) is 5.17. The third-order valence-electron chi connectivity index (χ3n) is 1.99. The summed E-state index contributed by atoms with van der Waals surface area (Å²) in [4.78, 5) is 0. The normalized spacial score (nSPS) is 37.7. The first-order valence-corrected chi connectivity index (χ1v) is 3.26. The Morgan fingerprint density at radius 3 is 2.56 bits per heavy atom. The van der Waals surface area contributed by atoms with Crippen molar-refractivity contribution >= 4 is 0 Å². The first-order valence-electron chi connectivity index (χ1n) is 3.26. The van der Waals surface area contributed by atoms with Crippen molar-refractivity contribution in [3.63, 3.8) is 0 Å². The molecule has 9 heavy (non-hydrogen) atoms. The van der Waals surface area contributed by atoms with E-state index in [1.807, 2.05) is 0 Å². The Morgan fingerprint density at radius 1 is 1.44 bits per heavy atom. The second-order valence-corrected chi connectivity index (χ2v) is 2.59. The van der Waals surface area contributed by atoms with Gasteiger partial charge in [-0.15, -0.1) is 0 Å². The fraction of sp³-hybridized carbons (Fsp3) is 1.00. The van der Waals surface area contributed by atoms with Crippen LogP contribution in [0.4, 0.5) is 0 Å². The van der Waals surface area contributed by atoms with Crippen molar-refractivity contribution < 1.29 is 14.6 Å². The molecule has 0 aromatic heterocycles. The quantitative estimate of drug-likeness (QED) is 0.531. The zero-order valence-corrected chi connectivity index (χ0v) is 5.17. The van der Waals surface area contributed by atoms with Gasteiger partial charge in [-0.05, 0) is 0 Å². The van der Waals surface area contributed by atoms with Gasteiger partial charge in [-0.2, -0.15) is 0 Å². The van der Waals surface area contributed by atoms with Crippen LogP contribution in [0.5, 0.6) is 0 Å². The molecule has 1 atom stereocenters. The maximum absolute atomic E-state index is 8.67. The molecular weight excluding hydrogens is 120 g/mol. The summed E-state index contributed by atoms with van der Waals surface area (Å²) in [6.07, 6.45) is 0.878. The molecule has 3 nitrogen and oxygen atoms in total. The third-order valence-corrected chi connectivity index (χ3v) is 1.99. The van der Waals surface area contributed by atoms with E-state index in [1.165, 1.54) is 0 Å². The average Bonchev–Trinajstić information content (AvgIpc) is 2.30. The lowest BCUT2D eigenvalue weighted by molar-refractivity contribution is -0.0868. The Kier molecular flexibility index (Phi) is 1.06. The van der Waals surface area contributed by atoms with E-state index in [9.17, 15) is 0 Å². The van der Waals surface area contributed by atoms with Crippen LogP contribution in [0.25, 0.3) is 0 Å². The molecule has 52 valence electrons. The number of hydrogen-bond donors (Lipinski definition) is 1. The van der Waals surface area contributed by atoms with Gasteiger partial charge in [0.2, 0.25) is 0 Å². The Labute approximate surface area is 53.6 Å². The minimum absolute atomic E-state index is 0.194. The van der Waals surface area contributed by atoms with E-state index in [2.05, 4.69) is 0 Å². The highest BCUT2D eigenvalue weighted by Crippen LogP contribution is 2.49. The van der Waals surface area contributed by atoms with Gasteiger partial charge in [0.05, 0.1) is 19.8 Å². The van der Waals surface area contributed by atoms with Gasteiger partial charge in [0.15, 0.2) is 5.79 Å². The predicted molar refractivity (Wildman–Crippen MR) is 29.8 cm³/mol. The molecule has 2 fully saturated rings. The van der Waals surface area contributed by atoms with E-state index >= 15 is 0 Å².